The third kappa shape index (κ3) is 6.01. The summed E-state index contributed by atoms with van der Waals surface area (Å²) in [5.74, 6) is -0.310. The molecule has 6 nitrogen and oxygen atoms in total. The molecule has 2 amide bonds. The first kappa shape index (κ1) is 20.7. The van der Waals surface area contributed by atoms with Crippen molar-refractivity contribution in [3.63, 3.8) is 0 Å². The average Bonchev–Trinajstić information content (AvgIpc) is 3.40. The molecule has 1 aliphatic heterocycles. The predicted octanol–water partition coefficient (Wildman–Crippen LogP) is 1.68. The van der Waals surface area contributed by atoms with Crippen LogP contribution in [0.2, 0.25) is 0 Å². The lowest BCUT2D eigenvalue weighted by Crippen LogP contribution is -2.54. The van der Waals surface area contributed by atoms with Gasteiger partial charge in [0.2, 0.25) is 11.8 Å². The quantitative estimate of drug-likeness (QED) is 0.776. The van der Waals surface area contributed by atoms with Crippen molar-refractivity contribution in [1.82, 2.24) is 20.4 Å². The highest BCUT2D eigenvalue weighted by Gasteiger charge is 2.34. The van der Waals surface area contributed by atoms with Crippen molar-refractivity contribution in [3.8, 4) is 0 Å². The summed E-state index contributed by atoms with van der Waals surface area (Å²) in [4.78, 5) is 29.3. The molecule has 1 aromatic carbocycles. The lowest BCUT2D eigenvalue weighted by atomic mass is 10.0. The van der Waals surface area contributed by atoms with Crippen LogP contribution in [0.5, 0.6) is 0 Å². The third-order valence-electron chi connectivity index (χ3n) is 5.01. The van der Waals surface area contributed by atoms with Crippen LogP contribution >= 0.6 is 0 Å². The molecule has 1 unspecified atom stereocenters. The molecule has 1 saturated heterocycles. The second kappa shape index (κ2) is 8.57. The van der Waals surface area contributed by atoms with Gasteiger partial charge in [0.15, 0.2) is 0 Å². The summed E-state index contributed by atoms with van der Waals surface area (Å²) in [5.41, 5.74) is 0.562. The van der Waals surface area contributed by atoms with Crippen molar-refractivity contribution >= 4 is 11.8 Å². The number of halogens is 1. The first-order chi connectivity index (χ1) is 13.2. The number of carbonyl (C=O) groups excluding carboxylic acids is 2. The largest absolute Gasteiger partial charge is 0.352 e. The highest BCUT2D eigenvalue weighted by atomic mass is 19.1. The Bertz CT molecular complexity index is 689. The number of rotatable bonds is 6. The van der Waals surface area contributed by atoms with E-state index in [1.165, 1.54) is 12.1 Å². The molecular formula is C21H31FN4O2. The molecule has 1 aromatic rings. The van der Waals surface area contributed by atoms with Gasteiger partial charge in [-0.15, -0.1) is 0 Å². The predicted molar refractivity (Wildman–Crippen MR) is 106 cm³/mol. The van der Waals surface area contributed by atoms with E-state index in [9.17, 15) is 14.0 Å². The van der Waals surface area contributed by atoms with E-state index in [2.05, 4.69) is 20.4 Å². The number of hydrogen-bond donors (Lipinski definition) is 2. The number of amides is 2. The van der Waals surface area contributed by atoms with Gasteiger partial charge in [-0.05, 0) is 51.3 Å². The monoisotopic (exact) mass is 390 g/mol. The van der Waals surface area contributed by atoms with E-state index in [0.29, 0.717) is 32.7 Å². The van der Waals surface area contributed by atoms with E-state index in [1.807, 2.05) is 20.8 Å². The van der Waals surface area contributed by atoms with E-state index in [0.717, 1.165) is 18.4 Å². The van der Waals surface area contributed by atoms with Gasteiger partial charge in [-0.1, -0.05) is 12.1 Å². The summed E-state index contributed by atoms with van der Waals surface area (Å²) in [5, 5.41) is 6.07. The maximum atomic E-state index is 13.3. The van der Waals surface area contributed by atoms with Gasteiger partial charge in [0.25, 0.3) is 0 Å². The SMILES string of the molecule is CC(C)(C)NC(=O)CN1CCN(C(C(=O)NC2CC2)c2ccc(F)cc2)CC1. The average molecular weight is 391 g/mol. The summed E-state index contributed by atoms with van der Waals surface area (Å²) in [6.45, 7) is 9.06. The fraction of sp³-hybridized carbons (Fsp3) is 0.619. The van der Waals surface area contributed by atoms with E-state index < -0.39 is 6.04 Å². The highest BCUT2D eigenvalue weighted by Crippen LogP contribution is 2.26. The third-order valence-corrected chi connectivity index (χ3v) is 5.01. The summed E-state index contributed by atoms with van der Waals surface area (Å²) in [7, 11) is 0. The van der Waals surface area contributed by atoms with Gasteiger partial charge < -0.3 is 10.6 Å². The molecule has 2 N–H and O–H groups in total. The maximum Gasteiger partial charge on any atom is 0.242 e. The molecule has 1 atom stereocenters. The summed E-state index contributed by atoms with van der Waals surface area (Å²) in [6, 6.07) is 6.04. The van der Waals surface area contributed by atoms with Crippen molar-refractivity contribution in [2.45, 2.75) is 51.2 Å². The van der Waals surface area contributed by atoms with Crippen LogP contribution < -0.4 is 10.6 Å². The Hall–Kier alpha value is -1.99. The van der Waals surface area contributed by atoms with Gasteiger partial charge in [0.05, 0.1) is 6.54 Å². The smallest absolute Gasteiger partial charge is 0.242 e. The molecule has 1 heterocycles. The lowest BCUT2D eigenvalue weighted by molar-refractivity contribution is -0.129. The zero-order valence-electron chi connectivity index (χ0n) is 17.0. The van der Waals surface area contributed by atoms with Gasteiger partial charge >= 0.3 is 0 Å². The van der Waals surface area contributed by atoms with Crippen molar-refractivity contribution in [2.75, 3.05) is 32.7 Å². The summed E-state index contributed by atoms with van der Waals surface area (Å²) in [6.07, 6.45) is 2.05. The van der Waals surface area contributed by atoms with E-state index in [4.69, 9.17) is 0 Å². The molecular weight excluding hydrogens is 359 g/mol. The normalized spacial score (nSPS) is 19.9. The second-order valence-corrected chi connectivity index (χ2v) is 8.85. The Morgan fingerprint density at radius 1 is 1.11 bits per heavy atom. The topological polar surface area (TPSA) is 64.7 Å². The van der Waals surface area contributed by atoms with Gasteiger partial charge in [0.1, 0.15) is 11.9 Å². The molecule has 28 heavy (non-hydrogen) atoms. The first-order valence-electron chi connectivity index (χ1n) is 10.0. The van der Waals surface area contributed by atoms with Gasteiger partial charge in [0, 0.05) is 37.8 Å². The zero-order chi connectivity index (χ0) is 20.3. The van der Waals surface area contributed by atoms with Crippen molar-refractivity contribution in [1.29, 1.82) is 0 Å². The van der Waals surface area contributed by atoms with Crippen LogP contribution in [0, 0.1) is 5.82 Å². The van der Waals surface area contributed by atoms with Crippen molar-refractivity contribution in [3.05, 3.63) is 35.6 Å². The van der Waals surface area contributed by atoms with Crippen LogP contribution in [0.3, 0.4) is 0 Å². The van der Waals surface area contributed by atoms with Gasteiger partial charge in [-0.3, -0.25) is 19.4 Å². The van der Waals surface area contributed by atoms with Gasteiger partial charge in [-0.25, -0.2) is 4.39 Å². The number of piperazine rings is 1. The van der Waals surface area contributed by atoms with Crippen LogP contribution in [0.1, 0.15) is 45.2 Å². The Morgan fingerprint density at radius 2 is 1.71 bits per heavy atom. The molecule has 2 aliphatic rings. The van der Waals surface area contributed by atoms with Crippen molar-refractivity contribution < 1.29 is 14.0 Å². The Labute approximate surface area is 166 Å². The molecule has 1 aliphatic carbocycles. The van der Waals surface area contributed by atoms with Crippen LogP contribution in [0.4, 0.5) is 4.39 Å². The fourth-order valence-corrected chi connectivity index (χ4v) is 3.52. The number of nitrogens with zero attached hydrogens (tertiary/aromatic N) is 2. The summed E-state index contributed by atoms with van der Waals surface area (Å²) >= 11 is 0. The minimum absolute atomic E-state index is 0.0162. The van der Waals surface area contributed by atoms with Crippen LogP contribution in [-0.2, 0) is 9.59 Å². The Kier molecular flexibility index (Phi) is 6.35. The minimum atomic E-state index is -0.424. The summed E-state index contributed by atoms with van der Waals surface area (Å²) < 4.78 is 13.3. The lowest BCUT2D eigenvalue weighted by Gasteiger charge is -2.38. The highest BCUT2D eigenvalue weighted by molar-refractivity contribution is 5.83. The standard InChI is InChI=1S/C21H31FN4O2/c1-21(2,3)24-18(27)14-25-10-12-26(13-11-25)19(20(28)23-17-8-9-17)15-4-6-16(22)7-5-15/h4-7,17,19H,8-14H2,1-3H3,(H,23,28)(H,24,27). The zero-order valence-corrected chi connectivity index (χ0v) is 17.0. The Morgan fingerprint density at radius 3 is 2.25 bits per heavy atom. The van der Waals surface area contributed by atoms with E-state index in [1.54, 1.807) is 12.1 Å². The molecule has 0 bridgehead atoms. The molecule has 0 radical (unpaired) electrons. The van der Waals surface area contributed by atoms with E-state index >= 15 is 0 Å². The number of nitrogens with one attached hydrogen (secondary N) is 2. The second-order valence-electron chi connectivity index (χ2n) is 8.85. The van der Waals surface area contributed by atoms with Crippen molar-refractivity contribution in [2.24, 2.45) is 0 Å². The van der Waals surface area contributed by atoms with Gasteiger partial charge in [-0.2, -0.15) is 0 Å². The number of hydrogen-bond acceptors (Lipinski definition) is 4. The first-order valence-corrected chi connectivity index (χ1v) is 10.0. The molecule has 154 valence electrons. The molecule has 3 rings (SSSR count). The van der Waals surface area contributed by atoms with Crippen LogP contribution in [0.25, 0.3) is 0 Å². The van der Waals surface area contributed by atoms with Crippen LogP contribution in [-0.4, -0.2) is 65.9 Å². The number of carbonyl (C=O) groups is 2. The Balaban J connectivity index is 1.61. The fourth-order valence-electron chi connectivity index (χ4n) is 3.52. The number of benzene rings is 1. The van der Waals surface area contributed by atoms with Crippen LogP contribution in [0.15, 0.2) is 24.3 Å². The van der Waals surface area contributed by atoms with E-state index in [-0.39, 0.29) is 29.2 Å². The maximum absolute atomic E-state index is 13.3. The molecule has 2 fully saturated rings. The minimum Gasteiger partial charge on any atom is -0.352 e. The molecule has 1 saturated carbocycles. The molecule has 0 spiro atoms. The molecule has 7 heteroatoms. The molecule has 0 aromatic heterocycles.